The molecular formula is C12H11Br2NO3S. The summed E-state index contributed by atoms with van der Waals surface area (Å²) in [6, 6.07) is 5.49. The smallest absolute Gasteiger partial charge is 0.305 e. The van der Waals surface area contributed by atoms with Crippen molar-refractivity contribution in [2.45, 2.75) is 19.0 Å². The summed E-state index contributed by atoms with van der Waals surface area (Å²) in [7, 11) is 0. The maximum atomic E-state index is 10.9. The lowest BCUT2D eigenvalue weighted by molar-refractivity contribution is -0.137. The molecule has 4 nitrogen and oxygen atoms in total. The van der Waals surface area contributed by atoms with Gasteiger partial charge in [0.1, 0.15) is 5.76 Å². The summed E-state index contributed by atoms with van der Waals surface area (Å²) in [6.45, 7) is 0.472. The molecule has 2 aromatic rings. The van der Waals surface area contributed by atoms with E-state index in [4.69, 9.17) is 9.52 Å². The average molecular weight is 409 g/mol. The van der Waals surface area contributed by atoms with Crippen LogP contribution < -0.4 is 5.32 Å². The van der Waals surface area contributed by atoms with Crippen LogP contribution in [-0.2, 0) is 11.3 Å². The second-order valence-electron chi connectivity index (χ2n) is 3.88. The molecule has 0 aliphatic carbocycles. The molecule has 0 aromatic carbocycles. The first kappa shape index (κ1) is 14.8. The van der Waals surface area contributed by atoms with E-state index in [0.717, 1.165) is 15.1 Å². The van der Waals surface area contributed by atoms with Crippen LogP contribution in [0.4, 0.5) is 0 Å². The highest BCUT2D eigenvalue weighted by Crippen LogP contribution is 2.28. The molecule has 102 valence electrons. The zero-order valence-electron chi connectivity index (χ0n) is 9.73. The van der Waals surface area contributed by atoms with Gasteiger partial charge in [0.2, 0.25) is 0 Å². The minimum atomic E-state index is -0.826. The van der Waals surface area contributed by atoms with Gasteiger partial charge in [-0.2, -0.15) is 0 Å². The van der Waals surface area contributed by atoms with Crippen molar-refractivity contribution in [3.05, 3.63) is 43.4 Å². The monoisotopic (exact) mass is 407 g/mol. The third-order valence-electron chi connectivity index (χ3n) is 2.48. The van der Waals surface area contributed by atoms with E-state index in [9.17, 15) is 4.79 Å². The minimum Gasteiger partial charge on any atom is -0.481 e. The zero-order valence-corrected chi connectivity index (χ0v) is 13.7. The molecule has 0 saturated carbocycles. The number of furan rings is 1. The molecule has 0 amide bonds. The van der Waals surface area contributed by atoms with Crippen molar-refractivity contribution in [3.63, 3.8) is 0 Å². The zero-order chi connectivity index (χ0) is 13.8. The molecule has 7 heteroatoms. The number of aliphatic carboxylic acids is 1. The molecule has 0 saturated heterocycles. The van der Waals surface area contributed by atoms with Crippen LogP contribution >= 0.6 is 43.2 Å². The molecular weight excluding hydrogens is 398 g/mol. The average Bonchev–Trinajstić information content (AvgIpc) is 2.95. The molecule has 0 spiro atoms. The van der Waals surface area contributed by atoms with Crippen LogP contribution in [0.1, 0.15) is 23.1 Å². The van der Waals surface area contributed by atoms with Gasteiger partial charge in [0.15, 0.2) is 4.67 Å². The summed E-state index contributed by atoms with van der Waals surface area (Å²) in [5, 5.41) is 14.1. The van der Waals surface area contributed by atoms with E-state index >= 15 is 0 Å². The summed E-state index contributed by atoms with van der Waals surface area (Å²) in [6.07, 6.45) is 0.0452. The van der Waals surface area contributed by atoms with Crippen molar-refractivity contribution >= 4 is 49.2 Å². The van der Waals surface area contributed by atoms with E-state index in [1.807, 2.05) is 23.6 Å². The molecule has 1 atom stereocenters. The van der Waals surface area contributed by atoms with Gasteiger partial charge in [0.25, 0.3) is 0 Å². The van der Waals surface area contributed by atoms with Crippen LogP contribution in [0.25, 0.3) is 0 Å². The number of carbonyl (C=O) groups is 1. The molecule has 0 aliphatic rings. The fraction of sp³-hybridized carbons (Fsp3) is 0.250. The Kier molecular flexibility index (Phi) is 5.20. The van der Waals surface area contributed by atoms with Crippen molar-refractivity contribution in [1.82, 2.24) is 5.32 Å². The summed E-state index contributed by atoms with van der Waals surface area (Å²) < 4.78 is 6.93. The van der Waals surface area contributed by atoms with E-state index < -0.39 is 5.97 Å². The predicted molar refractivity (Wildman–Crippen MR) is 80.3 cm³/mol. The highest BCUT2D eigenvalue weighted by Gasteiger charge is 2.17. The Balaban J connectivity index is 2.02. The van der Waals surface area contributed by atoms with E-state index in [1.165, 1.54) is 0 Å². The lowest BCUT2D eigenvalue weighted by atomic mass is 10.1. The lowest BCUT2D eigenvalue weighted by Crippen LogP contribution is -2.22. The first-order valence-corrected chi connectivity index (χ1v) is 7.95. The van der Waals surface area contributed by atoms with Crippen molar-refractivity contribution in [2.24, 2.45) is 0 Å². The van der Waals surface area contributed by atoms with Crippen molar-refractivity contribution in [1.29, 1.82) is 0 Å². The minimum absolute atomic E-state index is 0.0452. The largest absolute Gasteiger partial charge is 0.481 e. The Bertz CT molecular complexity index is 534. The quantitative estimate of drug-likeness (QED) is 0.752. The number of rotatable bonds is 6. The summed E-state index contributed by atoms with van der Waals surface area (Å²) in [5.41, 5.74) is 0. The Morgan fingerprint density at radius 3 is 2.84 bits per heavy atom. The Morgan fingerprint density at radius 2 is 2.32 bits per heavy atom. The second-order valence-corrected chi connectivity index (χ2v) is 6.43. The molecule has 2 N–H and O–H groups in total. The SMILES string of the molecule is O=C(O)CC(NCc1cc(Br)c(Br)o1)c1cccs1. The Labute approximate surface area is 131 Å². The molecule has 0 aliphatic heterocycles. The molecule has 2 rings (SSSR count). The predicted octanol–water partition coefficient (Wildman–Crippen LogP) is 4.17. The molecule has 1 unspecified atom stereocenters. The van der Waals surface area contributed by atoms with E-state index in [1.54, 1.807) is 11.3 Å². The Morgan fingerprint density at radius 1 is 1.53 bits per heavy atom. The number of carboxylic acid groups (broad SMARTS) is 1. The van der Waals surface area contributed by atoms with Crippen LogP contribution in [0.15, 0.2) is 37.1 Å². The van der Waals surface area contributed by atoms with Crippen molar-refractivity contribution in [2.75, 3.05) is 0 Å². The lowest BCUT2D eigenvalue weighted by Gasteiger charge is -2.14. The molecule has 0 radical (unpaired) electrons. The number of nitrogens with one attached hydrogen (secondary N) is 1. The first-order valence-electron chi connectivity index (χ1n) is 5.48. The van der Waals surface area contributed by atoms with Crippen molar-refractivity contribution < 1.29 is 14.3 Å². The molecule has 2 heterocycles. The third-order valence-corrected chi connectivity index (χ3v) is 5.18. The highest BCUT2D eigenvalue weighted by atomic mass is 79.9. The normalized spacial score (nSPS) is 12.5. The van der Waals surface area contributed by atoms with Gasteiger partial charge in [-0.3, -0.25) is 4.79 Å². The Hall–Kier alpha value is -0.630. The number of hydrogen-bond donors (Lipinski definition) is 2. The second kappa shape index (κ2) is 6.69. The summed E-state index contributed by atoms with van der Waals surface area (Å²) >= 11 is 8.15. The topological polar surface area (TPSA) is 62.5 Å². The summed E-state index contributed by atoms with van der Waals surface area (Å²) in [4.78, 5) is 11.9. The molecule has 0 bridgehead atoms. The first-order chi connectivity index (χ1) is 9.06. The fourth-order valence-corrected chi connectivity index (χ4v) is 3.10. The number of hydrogen-bond acceptors (Lipinski definition) is 4. The van der Waals surface area contributed by atoms with Crippen LogP contribution in [0.2, 0.25) is 0 Å². The summed E-state index contributed by atoms with van der Waals surface area (Å²) in [5.74, 6) is -0.0848. The van der Waals surface area contributed by atoms with Crippen LogP contribution in [0, 0.1) is 0 Å². The molecule has 19 heavy (non-hydrogen) atoms. The van der Waals surface area contributed by atoms with Gasteiger partial charge >= 0.3 is 5.97 Å². The third kappa shape index (κ3) is 4.17. The maximum Gasteiger partial charge on any atom is 0.305 e. The van der Waals surface area contributed by atoms with Crippen molar-refractivity contribution in [3.8, 4) is 0 Å². The van der Waals surface area contributed by atoms with Gasteiger partial charge < -0.3 is 14.8 Å². The van der Waals surface area contributed by atoms with Gasteiger partial charge in [-0.25, -0.2) is 0 Å². The number of halogens is 2. The number of thiophene rings is 1. The van der Waals surface area contributed by atoms with E-state index in [0.29, 0.717) is 11.2 Å². The van der Waals surface area contributed by atoms with E-state index in [-0.39, 0.29) is 12.5 Å². The standard InChI is InChI=1S/C12H11Br2NO3S/c13-8-4-7(18-12(8)14)6-15-9(5-11(16)17)10-2-1-3-19-10/h1-4,9,15H,5-6H2,(H,16,17). The van der Waals surface area contributed by atoms with Crippen LogP contribution in [0.5, 0.6) is 0 Å². The van der Waals surface area contributed by atoms with Crippen LogP contribution in [0.3, 0.4) is 0 Å². The van der Waals surface area contributed by atoms with Crippen LogP contribution in [-0.4, -0.2) is 11.1 Å². The fourth-order valence-electron chi connectivity index (χ4n) is 1.64. The molecule has 2 aromatic heterocycles. The van der Waals surface area contributed by atoms with Gasteiger partial charge in [0, 0.05) is 4.88 Å². The highest BCUT2D eigenvalue weighted by molar-refractivity contribution is 9.13. The van der Waals surface area contributed by atoms with E-state index in [2.05, 4.69) is 37.2 Å². The van der Waals surface area contributed by atoms with Gasteiger partial charge in [-0.1, -0.05) is 6.07 Å². The number of carboxylic acids is 1. The molecule has 0 fully saturated rings. The van der Waals surface area contributed by atoms with Gasteiger partial charge in [-0.15, -0.1) is 11.3 Å². The van der Waals surface area contributed by atoms with Gasteiger partial charge in [-0.05, 0) is 49.4 Å². The maximum absolute atomic E-state index is 10.9. The van der Waals surface area contributed by atoms with Gasteiger partial charge in [0.05, 0.1) is 23.5 Å².